The molecular formula is C41H51N11O3. The maximum Gasteiger partial charge on any atom is 0.270 e. The van der Waals surface area contributed by atoms with E-state index in [2.05, 4.69) is 67.9 Å². The lowest BCUT2D eigenvalue weighted by atomic mass is 9.91. The molecule has 3 aliphatic carbocycles. The number of nitrogens with zero attached hydrogens (tertiary/aromatic N) is 5. The number of nitrogens with one attached hydrogen (secondary N) is 4. The van der Waals surface area contributed by atoms with Crippen LogP contribution >= 0.6 is 0 Å². The van der Waals surface area contributed by atoms with Crippen LogP contribution < -0.4 is 37.6 Å². The summed E-state index contributed by atoms with van der Waals surface area (Å²) in [6, 6.07) is 12.1. The minimum atomic E-state index is -0.383. The number of hydrogen-bond donors (Lipinski definition) is 6. The topological polar surface area (TPSA) is 189 Å². The number of nitrogens with two attached hydrogens (primary N) is 2. The van der Waals surface area contributed by atoms with Gasteiger partial charge < -0.3 is 37.6 Å². The number of anilines is 2. The molecule has 0 spiro atoms. The Bertz CT molecular complexity index is 2070. The Morgan fingerprint density at radius 1 is 0.982 bits per heavy atom. The Balaban J connectivity index is 1.00. The number of hydrogen-bond acceptors (Lipinski definition) is 10. The van der Waals surface area contributed by atoms with Crippen LogP contribution in [-0.2, 0) is 16.1 Å². The molecule has 0 bridgehead atoms. The van der Waals surface area contributed by atoms with Gasteiger partial charge in [-0.3, -0.25) is 24.0 Å². The van der Waals surface area contributed by atoms with Crippen LogP contribution in [0.3, 0.4) is 0 Å². The fourth-order valence-electron chi connectivity index (χ4n) is 7.90. The van der Waals surface area contributed by atoms with Crippen LogP contribution in [0.2, 0.25) is 0 Å². The summed E-state index contributed by atoms with van der Waals surface area (Å²) < 4.78 is 2.19. The van der Waals surface area contributed by atoms with Crippen molar-refractivity contribution in [2.75, 3.05) is 30.4 Å². The third-order valence-corrected chi connectivity index (χ3v) is 11.2. The van der Waals surface area contributed by atoms with Crippen LogP contribution in [0.5, 0.6) is 0 Å². The summed E-state index contributed by atoms with van der Waals surface area (Å²) in [6.45, 7) is 4.46. The fourth-order valence-corrected chi connectivity index (χ4v) is 7.90. The number of likely N-dealkylation sites (tertiary alicyclic amines) is 1. The average molecular weight is 746 g/mol. The SMILES string of the molecule is CCC1c2c(cnn2C2CN(Cc3cccc(C(=O)NC4C=CCCC4)n3)C2)-c2cccc(NC(/C=C(\N)NC(=O)C3CC3)=C(/N)C(=O)NC3CC3)c2N1C. The molecule has 5 aliphatic rings. The van der Waals surface area contributed by atoms with Gasteiger partial charge in [0, 0.05) is 61.9 Å². The molecule has 8 N–H and O–H groups in total. The molecule has 288 valence electrons. The summed E-state index contributed by atoms with van der Waals surface area (Å²) in [7, 11) is 2.08. The lowest BCUT2D eigenvalue weighted by molar-refractivity contribution is -0.121. The highest BCUT2D eigenvalue weighted by molar-refractivity contribution is 5.97. The first-order valence-electron chi connectivity index (χ1n) is 19.6. The average Bonchev–Trinajstić information content (AvgIpc) is 4.12. The molecule has 2 aliphatic heterocycles. The first-order valence-corrected chi connectivity index (χ1v) is 19.6. The minimum Gasteiger partial charge on any atom is -0.393 e. The van der Waals surface area contributed by atoms with Crippen molar-refractivity contribution in [2.45, 2.75) is 89.0 Å². The van der Waals surface area contributed by atoms with E-state index in [4.69, 9.17) is 21.5 Å². The van der Waals surface area contributed by atoms with Crippen LogP contribution in [-0.4, -0.2) is 69.6 Å². The smallest absolute Gasteiger partial charge is 0.270 e. The number of pyridine rings is 1. The molecule has 3 amide bonds. The van der Waals surface area contributed by atoms with Gasteiger partial charge in [0.15, 0.2) is 0 Å². The van der Waals surface area contributed by atoms with Gasteiger partial charge in [0.25, 0.3) is 11.8 Å². The molecule has 14 nitrogen and oxygen atoms in total. The molecule has 2 saturated carbocycles. The number of rotatable bonds is 13. The van der Waals surface area contributed by atoms with Crippen LogP contribution in [0.25, 0.3) is 11.1 Å². The number of para-hydroxylation sites is 1. The summed E-state index contributed by atoms with van der Waals surface area (Å²) in [5, 5.41) is 17.2. The van der Waals surface area contributed by atoms with Crippen molar-refractivity contribution < 1.29 is 14.4 Å². The van der Waals surface area contributed by atoms with Gasteiger partial charge in [-0.15, -0.1) is 0 Å². The van der Waals surface area contributed by atoms with E-state index in [0.29, 0.717) is 17.9 Å². The van der Waals surface area contributed by atoms with Crippen LogP contribution in [0, 0.1) is 5.92 Å². The van der Waals surface area contributed by atoms with Crippen molar-refractivity contribution in [1.29, 1.82) is 0 Å². The highest BCUT2D eigenvalue weighted by Gasteiger charge is 2.38. The predicted molar refractivity (Wildman–Crippen MR) is 211 cm³/mol. The Hall–Kier alpha value is -5.63. The molecule has 1 aromatic carbocycles. The second-order valence-electron chi connectivity index (χ2n) is 15.5. The molecule has 2 aromatic heterocycles. The summed E-state index contributed by atoms with van der Waals surface area (Å²) >= 11 is 0. The van der Waals surface area contributed by atoms with Crippen molar-refractivity contribution in [3.05, 3.63) is 95.1 Å². The van der Waals surface area contributed by atoms with Crippen molar-refractivity contribution in [2.24, 2.45) is 17.4 Å². The fraction of sp³-hybridized carbons (Fsp3) is 0.439. The van der Waals surface area contributed by atoms with Gasteiger partial charge in [-0.2, -0.15) is 5.10 Å². The van der Waals surface area contributed by atoms with Crippen LogP contribution in [0.4, 0.5) is 11.4 Å². The molecule has 14 heteroatoms. The largest absolute Gasteiger partial charge is 0.393 e. The Morgan fingerprint density at radius 3 is 2.51 bits per heavy atom. The zero-order valence-corrected chi connectivity index (χ0v) is 31.6. The van der Waals surface area contributed by atoms with Gasteiger partial charge >= 0.3 is 0 Å². The number of allylic oxidation sites excluding steroid dienone is 2. The molecule has 3 aromatic rings. The maximum absolute atomic E-state index is 13.2. The number of fused-ring (bicyclic) bond motifs is 3. The van der Waals surface area contributed by atoms with E-state index in [-0.39, 0.29) is 59.3 Å². The molecular weight excluding hydrogens is 695 g/mol. The lowest BCUT2D eigenvalue weighted by Gasteiger charge is -2.43. The Labute approximate surface area is 321 Å². The van der Waals surface area contributed by atoms with E-state index in [1.807, 2.05) is 30.5 Å². The zero-order valence-electron chi connectivity index (χ0n) is 31.6. The highest BCUT2D eigenvalue weighted by Crippen LogP contribution is 2.49. The van der Waals surface area contributed by atoms with Gasteiger partial charge in [-0.25, -0.2) is 4.98 Å². The Kier molecular flexibility index (Phi) is 10.1. The van der Waals surface area contributed by atoms with Crippen molar-refractivity contribution in [3.63, 3.8) is 0 Å². The van der Waals surface area contributed by atoms with Gasteiger partial charge in [0.1, 0.15) is 17.2 Å². The third kappa shape index (κ3) is 7.81. The normalized spacial score (nSPS) is 21.5. The molecule has 8 rings (SSSR count). The zero-order chi connectivity index (χ0) is 38.2. The van der Waals surface area contributed by atoms with Crippen molar-refractivity contribution in [3.8, 4) is 11.1 Å². The number of aromatic nitrogens is 3. The van der Waals surface area contributed by atoms with Gasteiger partial charge in [-0.1, -0.05) is 37.3 Å². The number of benzene rings is 1. The van der Waals surface area contributed by atoms with E-state index in [0.717, 1.165) is 92.7 Å². The first kappa shape index (κ1) is 36.4. The Morgan fingerprint density at radius 2 is 1.78 bits per heavy atom. The van der Waals surface area contributed by atoms with Gasteiger partial charge in [-0.05, 0) is 69.6 Å². The van der Waals surface area contributed by atoms with Crippen LogP contribution in [0.1, 0.15) is 92.3 Å². The molecule has 3 fully saturated rings. The standard InChI is InChI=1S/C41H51N11O3/c1-3-34-38-30(20-44-52(38)28-22-51(23-28)21-27-11-7-14-32(45-27)40(54)46-25-9-5-4-6-10-25)29-12-8-13-31(37(29)50(34)2)48-33(36(43)41(55)47-26-17-18-26)19-35(42)49-39(53)24-15-16-24/h5,7-9,11-14,19-20,24-26,28,34,48H,3-4,6,10,15-18,21-23,42-43H2,1-2H3,(H,46,54)(H,47,55)(H,49,53)/b35-19+,36-33+. The van der Waals surface area contributed by atoms with E-state index >= 15 is 0 Å². The van der Waals surface area contributed by atoms with Gasteiger partial charge in [0.2, 0.25) is 5.91 Å². The van der Waals surface area contributed by atoms with Crippen molar-refractivity contribution in [1.82, 2.24) is 35.6 Å². The van der Waals surface area contributed by atoms with Crippen molar-refractivity contribution >= 4 is 29.1 Å². The van der Waals surface area contributed by atoms with E-state index in [1.165, 1.54) is 11.8 Å². The maximum atomic E-state index is 13.2. The van der Waals surface area contributed by atoms with Crippen LogP contribution in [0.15, 0.2) is 78.0 Å². The number of amides is 3. The van der Waals surface area contributed by atoms with E-state index < -0.39 is 0 Å². The monoisotopic (exact) mass is 745 g/mol. The number of carbonyl (C=O) groups excluding carboxylic acids is 3. The summed E-state index contributed by atoms with van der Waals surface area (Å²) in [5.41, 5.74) is 19.3. The van der Waals surface area contributed by atoms with E-state index in [9.17, 15) is 14.4 Å². The molecule has 1 saturated heterocycles. The predicted octanol–water partition coefficient (Wildman–Crippen LogP) is 3.93. The number of carbonyl (C=O) groups is 3. The molecule has 0 radical (unpaired) electrons. The molecule has 55 heavy (non-hydrogen) atoms. The second kappa shape index (κ2) is 15.2. The first-order chi connectivity index (χ1) is 26.7. The minimum absolute atomic E-state index is 0.0104. The third-order valence-electron chi connectivity index (χ3n) is 11.2. The summed E-state index contributed by atoms with van der Waals surface area (Å²) in [6.07, 6.45) is 15.2. The van der Waals surface area contributed by atoms with Gasteiger partial charge in [0.05, 0.1) is 46.7 Å². The molecule has 2 atom stereocenters. The highest BCUT2D eigenvalue weighted by atomic mass is 16.2. The molecule has 2 unspecified atom stereocenters. The molecule has 4 heterocycles. The summed E-state index contributed by atoms with van der Waals surface area (Å²) in [4.78, 5) is 47.9. The second-order valence-corrected chi connectivity index (χ2v) is 15.5. The lowest BCUT2D eigenvalue weighted by Crippen LogP contribution is -2.48. The van der Waals surface area contributed by atoms with E-state index in [1.54, 1.807) is 6.07 Å². The quantitative estimate of drug-likeness (QED) is 0.0850. The summed E-state index contributed by atoms with van der Waals surface area (Å²) in [5.74, 6) is -0.561.